The molecule has 0 aliphatic rings. The number of unbranched alkanes of at least 4 members (excludes halogenated alkanes) is 1. The number of nitrogens with zero attached hydrogens (tertiary/aromatic N) is 1. The lowest BCUT2D eigenvalue weighted by Gasteiger charge is -2.21. The van der Waals surface area contributed by atoms with Crippen LogP contribution in [-0.4, -0.2) is 43.9 Å². The largest absolute Gasteiger partial charge is 0.493 e. The van der Waals surface area contributed by atoms with Crippen LogP contribution in [0, 0.1) is 0 Å². The van der Waals surface area contributed by atoms with Gasteiger partial charge in [-0.15, -0.1) is 0 Å². The monoisotopic (exact) mass is 530 g/mol. The van der Waals surface area contributed by atoms with Crippen molar-refractivity contribution in [2.45, 2.75) is 73.0 Å². The first kappa shape index (κ1) is 30.2. The van der Waals surface area contributed by atoms with E-state index in [1.807, 2.05) is 45.0 Å². The topological polar surface area (TPSA) is 50.8 Å². The molecule has 0 fully saturated rings. The van der Waals surface area contributed by atoms with Gasteiger partial charge in [0.15, 0.2) is 0 Å². The summed E-state index contributed by atoms with van der Waals surface area (Å²) >= 11 is 0. The third kappa shape index (κ3) is 9.14. The number of benzene rings is 3. The zero-order valence-electron chi connectivity index (χ0n) is 24.8. The molecule has 0 aromatic heterocycles. The molecule has 210 valence electrons. The van der Waals surface area contributed by atoms with Crippen molar-refractivity contribution < 1.29 is 14.3 Å². The molecule has 39 heavy (non-hydrogen) atoms. The van der Waals surface area contributed by atoms with E-state index in [0.29, 0.717) is 18.2 Å². The molecule has 5 nitrogen and oxygen atoms in total. The molecule has 0 radical (unpaired) electrons. The summed E-state index contributed by atoms with van der Waals surface area (Å²) in [6.45, 7) is 17.9. The Bertz CT molecular complexity index is 1170. The summed E-state index contributed by atoms with van der Waals surface area (Å²) in [5, 5.41) is 3.46. The van der Waals surface area contributed by atoms with Crippen molar-refractivity contribution in [2.24, 2.45) is 0 Å². The molecule has 0 saturated carbocycles. The van der Waals surface area contributed by atoms with Gasteiger partial charge in [0, 0.05) is 30.4 Å². The second-order valence-corrected chi connectivity index (χ2v) is 11.2. The first-order valence-corrected chi connectivity index (χ1v) is 14.3. The summed E-state index contributed by atoms with van der Waals surface area (Å²) in [5.74, 6) is 0.576. The van der Waals surface area contributed by atoms with Crippen LogP contribution in [0.25, 0.3) is 22.3 Å². The van der Waals surface area contributed by atoms with Crippen LogP contribution < -0.4 is 15.0 Å². The van der Waals surface area contributed by atoms with Gasteiger partial charge in [0.2, 0.25) is 0 Å². The number of esters is 1. The first-order chi connectivity index (χ1) is 18.6. The minimum Gasteiger partial charge on any atom is -0.493 e. The van der Waals surface area contributed by atoms with E-state index < -0.39 is 5.60 Å². The molecule has 0 spiro atoms. The Morgan fingerprint density at radius 1 is 0.846 bits per heavy atom. The molecule has 0 unspecified atom stereocenters. The third-order valence-corrected chi connectivity index (χ3v) is 6.52. The van der Waals surface area contributed by atoms with E-state index in [0.717, 1.165) is 60.5 Å². The molecule has 0 saturated heterocycles. The van der Waals surface area contributed by atoms with E-state index in [1.165, 1.54) is 5.69 Å². The molecule has 0 heterocycles. The molecular formula is C34H46N2O3. The summed E-state index contributed by atoms with van der Waals surface area (Å²) in [6.07, 6.45) is 2.07. The fourth-order valence-corrected chi connectivity index (χ4v) is 4.44. The smallest absolute Gasteiger partial charge is 0.338 e. The van der Waals surface area contributed by atoms with Crippen molar-refractivity contribution in [2.75, 3.05) is 31.1 Å². The molecule has 0 bridgehead atoms. The Morgan fingerprint density at radius 2 is 1.46 bits per heavy atom. The Hall–Kier alpha value is -3.31. The molecule has 5 heteroatoms. The summed E-state index contributed by atoms with van der Waals surface area (Å²) in [4.78, 5) is 14.8. The van der Waals surface area contributed by atoms with Gasteiger partial charge in [0.05, 0.1) is 12.2 Å². The molecule has 0 atom stereocenters. The molecule has 3 rings (SSSR count). The number of hydrogen-bond acceptors (Lipinski definition) is 5. The third-order valence-electron chi connectivity index (χ3n) is 6.52. The van der Waals surface area contributed by atoms with Crippen LogP contribution in [0.2, 0.25) is 0 Å². The van der Waals surface area contributed by atoms with Gasteiger partial charge < -0.3 is 19.7 Å². The van der Waals surface area contributed by atoms with Crippen LogP contribution in [0.1, 0.15) is 71.7 Å². The number of nitrogens with one attached hydrogen (secondary N) is 1. The number of rotatable bonds is 13. The summed E-state index contributed by atoms with van der Waals surface area (Å²) in [6, 6.07) is 23.2. The standard InChI is InChI=1S/C34H46N2O3/c1-8-36(9-2)30-19-16-27(17-20-30)31-24-29(18-21-32(31)38-23-11-10-22-35-25(3)4)26-12-14-28(15-13-26)33(37)39-34(5,6)7/h12-21,24-25,35H,8-11,22-23H2,1-7H3. The molecule has 0 aliphatic heterocycles. The average Bonchev–Trinajstić information content (AvgIpc) is 2.91. The molecule has 3 aromatic carbocycles. The predicted molar refractivity (Wildman–Crippen MR) is 164 cm³/mol. The minimum atomic E-state index is -0.522. The zero-order valence-corrected chi connectivity index (χ0v) is 24.8. The second-order valence-electron chi connectivity index (χ2n) is 11.2. The average molecular weight is 531 g/mol. The number of anilines is 1. The van der Waals surface area contributed by atoms with Gasteiger partial charge in [-0.05, 0) is 107 Å². The first-order valence-electron chi connectivity index (χ1n) is 14.3. The van der Waals surface area contributed by atoms with Gasteiger partial charge in [0.25, 0.3) is 0 Å². The van der Waals surface area contributed by atoms with Gasteiger partial charge in [-0.2, -0.15) is 0 Å². The van der Waals surface area contributed by atoms with E-state index in [9.17, 15) is 4.79 Å². The highest BCUT2D eigenvalue weighted by Gasteiger charge is 2.18. The summed E-state index contributed by atoms with van der Waals surface area (Å²) in [5.41, 5.74) is 5.54. The fraction of sp³-hybridized carbons (Fsp3) is 0.441. The predicted octanol–water partition coefficient (Wildman–Crippen LogP) is 7.98. The Labute approximate surface area is 235 Å². The lowest BCUT2D eigenvalue weighted by atomic mass is 9.97. The van der Waals surface area contributed by atoms with Crippen LogP contribution >= 0.6 is 0 Å². The lowest BCUT2D eigenvalue weighted by Crippen LogP contribution is -2.23. The van der Waals surface area contributed by atoms with Gasteiger partial charge in [0.1, 0.15) is 11.4 Å². The van der Waals surface area contributed by atoms with E-state index in [1.54, 1.807) is 0 Å². The van der Waals surface area contributed by atoms with Crippen molar-refractivity contribution in [1.29, 1.82) is 0 Å². The SMILES string of the molecule is CCN(CC)c1ccc(-c2cc(-c3ccc(C(=O)OC(C)(C)C)cc3)ccc2OCCCCNC(C)C)cc1. The molecule has 3 aromatic rings. The number of carbonyl (C=O) groups is 1. The molecular weight excluding hydrogens is 484 g/mol. The van der Waals surface area contributed by atoms with E-state index >= 15 is 0 Å². The number of ether oxygens (including phenoxy) is 2. The van der Waals surface area contributed by atoms with Crippen LogP contribution in [0.3, 0.4) is 0 Å². The number of carbonyl (C=O) groups excluding carboxylic acids is 1. The van der Waals surface area contributed by atoms with Crippen molar-refractivity contribution in [3.05, 3.63) is 72.3 Å². The normalized spacial score (nSPS) is 11.5. The van der Waals surface area contributed by atoms with Crippen LogP contribution in [-0.2, 0) is 4.74 Å². The van der Waals surface area contributed by atoms with Crippen molar-refractivity contribution in [1.82, 2.24) is 5.32 Å². The van der Waals surface area contributed by atoms with Crippen molar-refractivity contribution >= 4 is 11.7 Å². The van der Waals surface area contributed by atoms with E-state index in [2.05, 4.69) is 80.4 Å². The summed E-state index contributed by atoms with van der Waals surface area (Å²) < 4.78 is 11.8. The molecule has 0 amide bonds. The van der Waals surface area contributed by atoms with Gasteiger partial charge in [-0.1, -0.05) is 44.2 Å². The molecule has 0 aliphatic carbocycles. The lowest BCUT2D eigenvalue weighted by molar-refractivity contribution is 0.00695. The Kier molecular flexibility index (Phi) is 11.0. The highest BCUT2D eigenvalue weighted by Crippen LogP contribution is 2.35. The van der Waals surface area contributed by atoms with E-state index in [4.69, 9.17) is 9.47 Å². The maximum absolute atomic E-state index is 12.5. The molecule has 1 N–H and O–H groups in total. The maximum Gasteiger partial charge on any atom is 0.338 e. The zero-order chi connectivity index (χ0) is 28.4. The van der Waals surface area contributed by atoms with Gasteiger partial charge in [-0.25, -0.2) is 4.79 Å². The Morgan fingerprint density at radius 3 is 2.05 bits per heavy atom. The highest BCUT2D eigenvalue weighted by molar-refractivity contribution is 5.90. The quantitative estimate of drug-likeness (QED) is 0.179. The second kappa shape index (κ2) is 14.2. The summed E-state index contributed by atoms with van der Waals surface area (Å²) in [7, 11) is 0. The van der Waals surface area contributed by atoms with Crippen molar-refractivity contribution in [3.8, 4) is 28.0 Å². The highest BCUT2D eigenvalue weighted by atomic mass is 16.6. The van der Waals surface area contributed by atoms with Crippen LogP contribution in [0.15, 0.2) is 66.7 Å². The fourth-order valence-electron chi connectivity index (χ4n) is 4.44. The Balaban J connectivity index is 1.85. The van der Waals surface area contributed by atoms with Crippen molar-refractivity contribution in [3.63, 3.8) is 0 Å². The van der Waals surface area contributed by atoms with Gasteiger partial charge >= 0.3 is 5.97 Å². The number of hydrogen-bond donors (Lipinski definition) is 1. The van der Waals surface area contributed by atoms with Crippen LogP contribution in [0.4, 0.5) is 5.69 Å². The van der Waals surface area contributed by atoms with Gasteiger partial charge in [-0.3, -0.25) is 0 Å². The minimum absolute atomic E-state index is 0.310. The maximum atomic E-state index is 12.5. The van der Waals surface area contributed by atoms with E-state index in [-0.39, 0.29) is 5.97 Å². The van der Waals surface area contributed by atoms with Crippen LogP contribution in [0.5, 0.6) is 5.75 Å².